The van der Waals surface area contributed by atoms with Crippen LogP contribution in [0.5, 0.6) is 0 Å². The summed E-state index contributed by atoms with van der Waals surface area (Å²) in [6.07, 6.45) is 51.2. The van der Waals surface area contributed by atoms with Crippen molar-refractivity contribution < 1.29 is 4.79 Å². The summed E-state index contributed by atoms with van der Waals surface area (Å²) in [4.78, 5) is 11.3. The van der Waals surface area contributed by atoms with E-state index in [-0.39, 0.29) is 0 Å². The topological polar surface area (TPSA) is 17.1 Å². The van der Waals surface area contributed by atoms with Crippen molar-refractivity contribution in [2.24, 2.45) is 0 Å². The molecule has 0 saturated heterocycles. The monoisotopic (exact) mass is 545 g/mol. The Kier molecular flexibility index (Phi) is 34.4. The summed E-state index contributed by atoms with van der Waals surface area (Å²) in [7, 11) is 0. The van der Waals surface area contributed by atoms with Gasteiger partial charge in [-0.2, -0.15) is 0 Å². The quantitative estimate of drug-likeness (QED) is 0.0593. The molecule has 0 aromatic carbocycles. The first-order valence-corrected chi connectivity index (χ1v) is 18.1. The second kappa shape index (κ2) is 35.2. The lowest BCUT2D eigenvalue weighted by atomic mass is 10.0. The molecule has 0 N–H and O–H groups in total. The van der Waals surface area contributed by atoms with Gasteiger partial charge < -0.3 is 0 Å². The highest BCUT2D eigenvalue weighted by molar-refractivity contribution is 5.77. The summed E-state index contributed by atoms with van der Waals surface area (Å²) >= 11 is 0. The van der Waals surface area contributed by atoms with Crippen molar-refractivity contribution in [1.29, 1.82) is 0 Å². The number of Topliss-reactive ketones (excluding diaryl/α,β-unsaturated/α-hetero) is 1. The fourth-order valence-corrected chi connectivity index (χ4v) is 5.45. The van der Waals surface area contributed by atoms with Crippen molar-refractivity contribution in [1.82, 2.24) is 0 Å². The Bertz CT molecular complexity index is 517. The SMILES string of the molecule is CCCCCCCCCCCCCC/C=C/CCCCC/C=C/CCCCCCCCCCCCC(=O)CC. The van der Waals surface area contributed by atoms with Crippen molar-refractivity contribution in [3.05, 3.63) is 24.3 Å². The molecule has 0 atom stereocenters. The number of hydrogen-bond acceptors (Lipinski definition) is 1. The number of carbonyl (C=O) groups excluding carboxylic acids is 1. The Hall–Kier alpha value is -0.850. The maximum Gasteiger partial charge on any atom is 0.132 e. The van der Waals surface area contributed by atoms with E-state index in [1.165, 1.54) is 180 Å². The highest BCUT2D eigenvalue weighted by atomic mass is 16.1. The molecule has 230 valence electrons. The van der Waals surface area contributed by atoms with E-state index in [9.17, 15) is 4.79 Å². The van der Waals surface area contributed by atoms with Gasteiger partial charge in [-0.05, 0) is 57.8 Å². The molecule has 0 aromatic heterocycles. The van der Waals surface area contributed by atoms with Crippen LogP contribution in [0, 0.1) is 0 Å². The third-order valence-corrected chi connectivity index (χ3v) is 8.27. The normalized spacial score (nSPS) is 11.8. The van der Waals surface area contributed by atoms with Crippen molar-refractivity contribution in [3.63, 3.8) is 0 Å². The van der Waals surface area contributed by atoms with Crippen LogP contribution in [0.4, 0.5) is 0 Å². The minimum Gasteiger partial charge on any atom is -0.300 e. The molecule has 0 saturated carbocycles. The first-order chi connectivity index (χ1) is 19.3. The average Bonchev–Trinajstić information content (AvgIpc) is 2.95. The van der Waals surface area contributed by atoms with Gasteiger partial charge in [-0.15, -0.1) is 0 Å². The Morgan fingerprint density at radius 2 is 0.615 bits per heavy atom. The zero-order valence-electron chi connectivity index (χ0n) is 27.1. The second-order valence-corrected chi connectivity index (χ2v) is 12.2. The summed E-state index contributed by atoms with van der Waals surface area (Å²) in [6.45, 7) is 4.27. The lowest BCUT2D eigenvalue weighted by molar-refractivity contribution is -0.118. The van der Waals surface area contributed by atoms with Crippen LogP contribution in [0.1, 0.15) is 213 Å². The molecule has 0 heterocycles. The summed E-state index contributed by atoms with van der Waals surface area (Å²) in [5, 5.41) is 0. The summed E-state index contributed by atoms with van der Waals surface area (Å²) in [5.74, 6) is 0.434. The van der Waals surface area contributed by atoms with E-state index in [1.54, 1.807) is 0 Å². The van der Waals surface area contributed by atoms with Crippen molar-refractivity contribution in [3.8, 4) is 0 Å². The lowest BCUT2D eigenvalue weighted by Crippen LogP contribution is -1.94. The molecule has 0 unspecified atom stereocenters. The minimum atomic E-state index is 0.434. The molecule has 1 nitrogen and oxygen atoms in total. The molecule has 0 aromatic rings. The Morgan fingerprint density at radius 1 is 0.359 bits per heavy atom. The van der Waals surface area contributed by atoms with E-state index in [2.05, 4.69) is 31.2 Å². The number of unbranched alkanes of at least 4 members (excludes halogenated alkanes) is 26. The van der Waals surface area contributed by atoms with Gasteiger partial charge in [0, 0.05) is 12.8 Å². The van der Waals surface area contributed by atoms with Gasteiger partial charge in [0.05, 0.1) is 0 Å². The van der Waals surface area contributed by atoms with Gasteiger partial charge in [-0.3, -0.25) is 4.79 Å². The van der Waals surface area contributed by atoms with E-state index in [4.69, 9.17) is 0 Å². The molecule has 0 spiro atoms. The Labute approximate surface area is 247 Å². The fourth-order valence-electron chi connectivity index (χ4n) is 5.45. The first kappa shape index (κ1) is 38.1. The van der Waals surface area contributed by atoms with E-state index < -0.39 is 0 Å². The lowest BCUT2D eigenvalue weighted by Gasteiger charge is -2.02. The average molecular weight is 545 g/mol. The van der Waals surface area contributed by atoms with Gasteiger partial charge in [-0.1, -0.05) is 167 Å². The van der Waals surface area contributed by atoms with Gasteiger partial charge in [0.15, 0.2) is 0 Å². The number of carbonyl (C=O) groups is 1. The van der Waals surface area contributed by atoms with Crippen LogP contribution >= 0.6 is 0 Å². The molecular formula is C38H72O. The van der Waals surface area contributed by atoms with Gasteiger partial charge >= 0.3 is 0 Å². The molecule has 0 radical (unpaired) electrons. The molecule has 0 aliphatic carbocycles. The van der Waals surface area contributed by atoms with E-state index in [0.717, 1.165) is 12.8 Å². The molecule has 0 bridgehead atoms. The Balaban J connectivity index is 3.16. The zero-order chi connectivity index (χ0) is 28.3. The standard InChI is InChI=1S/C38H72O/c1-3-5-6-7-8-9-10-11-12-13-14-15-16-17-18-19-20-21-22-23-24-25-26-27-28-29-30-31-32-33-34-35-36-37-38(39)4-2/h17-18,24-25H,3-16,19-23,26-37H2,1-2H3/b18-17+,25-24+. The van der Waals surface area contributed by atoms with Crippen molar-refractivity contribution >= 4 is 5.78 Å². The predicted molar refractivity (Wildman–Crippen MR) is 178 cm³/mol. The van der Waals surface area contributed by atoms with E-state index in [1.807, 2.05) is 6.92 Å². The fraction of sp³-hybridized carbons (Fsp3) is 0.868. The third kappa shape index (κ3) is 35.1. The largest absolute Gasteiger partial charge is 0.300 e. The second-order valence-electron chi connectivity index (χ2n) is 12.2. The van der Waals surface area contributed by atoms with Crippen LogP contribution in [0.3, 0.4) is 0 Å². The summed E-state index contributed by atoms with van der Waals surface area (Å²) < 4.78 is 0. The molecule has 0 rings (SSSR count). The van der Waals surface area contributed by atoms with Crippen molar-refractivity contribution in [2.75, 3.05) is 0 Å². The van der Waals surface area contributed by atoms with Crippen molar-refractivity contribution in [2.45, 2.75) is 213 Å². The van der Waals surface area contributed by atoms with Crippen LogP contribution < -0.4 is 0 Å². The number of rotatable bonds is 33. The third-order valence-electron chi connectivity index (χ3n) is 8.27. The highest BCUT2D eigenvalue weighted by Crippen LogP contribution is 2.14. The molecular weight excluding hydrogens is 472 g/mol. The minimum absolute atomic E-state index is 0.434. The highest BCUT2D eigenvalue weighted by Gasteiger charge is 1.98. The molecule has 0 fully saturated rings. The summed E-state index contributed by atoms with van der Waals surface area (Å²) in [6, 6.07) is 0. The number of hydrogen-bond donors (Lipinski definition) is 0. The maximum atomic E-state index is 11.3. The van der Waals surface area contributed by atoms with Crippen LogP contribution in [0.2, 0.25) is 0 Å². The van der Waals surface area contributed by atoms with E-state index >= 15 is 0 Å². The van der Waals surface area contributed by atoms with E-state index in [0.29, 0.717) is 12.2 Å². The van der Waals surface area contributed by atoms with Crippen LogP contribution in [-0.2, 0) is 4.79 Å². The summed E-state index contributed by atoms with van der Waals surface area (Å²) in [5.41, 5.74) is 0. The molecule has 0 aliphatic heterocycles. The van der Waals surface area contributed by atoms with Gasteiger partial charge in [0.25, 0.3) is 0 Å². The van der Waals surface area contributed by atoms with Crippen LogP contribution in [0.25, 0.3) is 0 Å². The maximum absolute atomic E-state index is 11.3. The van der Waals surface area contributed by atoms with Gasteiger partial charge in [0.1, 0.15) is 5.78 Å². The van der Waals surface area contributed by atoms with Crippen LogP contribution in [0.15, 0.2) is 24.3 Å². The molecule has 0 aliphatic rings. The molecule has 0 amide bonds. The number of ketones is 1. The van der Waals surface area contributed by atoms with Gasteiger partial charge in [0.2, 0.25) is 0 Å². The predicted octanol–water partition coefficient (Wildman–Crippen LogP) is 13.8. The number of allylic oxidation sites excluding steroid dienone is 4. The first-order valence-electron chi connectivity index (χ1n) is 18.1. The van der Waals surface area contributed by atoms with Gasteiger partial charge in [-0.25, -0.2) is 0 Å². The zero-order valence-corrected chi connectivity index (χ0v) is 27.1. The smallest absolute Gasteiger partial charge is 0.132 e. The Morgan fingerprint density at radius 3 is 0.923 bits per heavy atom. The van der Waals surface area contributed by atoms with Crippen LogP contribution in [-0.4, -0.2) is 5.78 Å². The molecule has 1 heteroatoms. The molecule has 39 heavy (non-hydrogen) atoms.